The van der Waals surface area contributed by atoms with Crippen molar-refractivity contribution in [2.24, 2.45) is 0 Å². The van der Waals surface area contributed by atoms with Crippen LogP contribution in [-0.2, 0) is 25.7 Å². The largest absolute Gasteiger partial charge is 0.488 e. The van der Waals surface area contributed by atoms with Crippen LogP contribution >= 0.6 is 15.9 Å². The molecule has 1 aliphatic rings. The van der Waals surface area contributed by atoms with Crippen molar-refractivity contribution >= 4 is 33.9 Å². The van der Waals surface area contributed by atoms with E-state index in [1.807, 2.05) is 37.3 Å². The normalized spacial score (nSPS) is 15.8. The number of cyclic esters (lactones) is 2. The molecule has 1 saturated heterocycles. The highest BCUT2D eigenvalue weighted by atomic mass is 79.9. The molecule has 140 valence electrons. The van der Waals surface area contributed by atoms with Crippen LogP contribution in [0.15, 0.2) is 52.5 Å². The van der Waals surface area contributed by atoms with Gasteiger partial charge in [-0.05, 0) is 42.3 Å². The molecule has 0 aliphatic carbocycles. The van der Waals surface area contributed by atoms with Crippen molar-refractivity contribution in [2.45, 2.75) is 33.2 Å². The Hall–Kier alpha value is -2.60. The fraction of sp³-hybridized carbons (Fsp3) is 0.238. The van der Waals surface area contributed by atoms with Crippen LogP contribution in [0.3, 0.4) is 0 Å². The smallest absolute Gasteiger partial charge is 0.348 e. The molecule has 1 aliphatic heterocycles. The lowest BCUT2D eigenvalue weighted by Gasteiger charge is -2.29. The number of hydrogen-bond acceptors (Lipinski definition) is 5. The van der Waals surface area contributed by atoms with Crippen molar-refractivity contribution in [3.05, 3.63) is 69.2 Å². The first-order valence-electron chi connectivity index (χ1n) is 8.40. The Morgan fingerprint density at radius 2 is 1.74 bits per heavy atom. The highest BCUT2D eigenvalue weighted by molar-refractivity contribution is 9.10. The molecule has 0 amide bonds. The number of rotatable bonds is 4. The lowest BCUT2D eigenvalue weighted by Crippen LogP contribution is -2.41. The number of halogens is 1. The zero-order chi connectivity index (χ0) is 19.6. The summed E-state index contributed by atoms with van der Waals surface area (Å²) >= 11 is 3.40. The summed E-state index contributed by atoms with van der Waals surface area (Å²) in [4.78, 5) is 24.4. The number of esters is 2. The van der Waals surface area contributed by atoms with Gasteiger partial charge in [0.2, 0.25) is 0 Å². The monoisotopic (exact) mass is 430 g/mol. The third-order valence-electron chi connectivity index (χ3n) is 4.03. The van der Waals surface area contributed by atoms with Gasteiger partial charge in [0.05, 0.1) is 0 Å². The molecule has 0 N–H and O–H groups in total. The summed E-state index contributed by atoms with van der Waals surface area (Å²) in [5, 5.41) is 0. The van der Waals surface area contributed by atoms with Gasteiger partial charge in [0.25, 0.3) is 5.79 Å². The first-order chi connectivity index (χ1) is 12.7. The van der Waals surface area contributed by atoms with Gasteiger partial charge < -0.3 is 14.2 Å². The van der Waals surface area contributed by atoms with Gasteiger partial charge in [-0.25, -0.2) is 9.59 Å². The molecule has 0 aromatic heterocycles. The number of benzene rings is 2. The molecule has 2 aromatic rings. The predicted molar refractivity (Wildman–Crippen MR) is 104 cm³/mol. The molecule has 27 heavy (non-hydrogen) atoms. The molecule has 1 heterocycles. The second kappa shape index (κ2) is 7.56. The second-order valence-corrected chi connectivity index (χ2v) is 7.55. The molecule has 0 atom stereocenters. The quantitative estimate of drug-likeness (QED) is 0.404. The fourth-order valence-electron chi connectivity index (χ4n) is 2.63. The van der Waals surface area contributed by atoms with Gasteiger partial charge in [-0.1, -0.05) is 40.2 Å². The SMILES string of the molecule is Cc1ccccc1COc1ccc(Br)cc1C=C1C(=O)OC(C)(C)OC1=O. The maximum atomic E-state index is 12.2. The minimum Gasteiger partial charge on any atom is -0.488 e. The van der Waals surface area contributed by atoms with E-state index in [0.717, 1.165) is 15.6 Å². The van der Waals surface area contributed by atoms with Crippen molar-refractivity contribution in [3.8, 4) is 5.75 Å². The number of hydrogen-bond donors (Lipinski definition) is 0. The predicted octanol–water partition coefficient (Wildman–Crippen LogP) is 4.56. The first kappa shape index (κ1) is 19.2. The Bertz CT molecular complexity index is 908. The van der Waals surface area contributed by atoms with Gasteiger partial charge in [0.1, 0.15) is 17.9 Å². The summed E-state index contributed by atoms with van der Waals surface area (Å²) in [6, 6.07) is 13.3. The molecule has 5 nitrogen and oxygen atoms in total. The van der Waals surface area contributed by atoms with Gasteiger partial charge in [0, 0.05) is 23.9 Å². The Balaban J connectivity index is 1.89. The summed E-state index contributed by atoms with van der Waals surface area (Å²) in [5.74, 6) is -2.17. The first-order valence-corrected chi connectivity index (χ1v) is 9.20. The molecule has 0 saturated carbocycles. The minimum atomic E-state index is -1.27. The van der Waals surface area contributed by atoms with Crippen LogP contribution in [0.1, 0.15) is 30.5 Å². The summed E-state index contributed by atoms with van der Waals surface area (Å²) in [6.07, 6.45) is 1.43. The molecule has 0 bridgehead atoms. The van der Waals surface area contributed by atoms with Crippen molar-refractivity contribution in [3.63, 3.8) is 0 Å². The number of aryl methyl sites for hydroxylation is 1. The van der Waals surface area contributed by atoms with Gasteiger partial charge in [-0.2, -0.15) is 0 Å². The summed E-state index contributed by atoms with van der Waals surface area (Å²) in [6.45, 7) is 5.40. The van der Waals surface area contributed by atoms with Crippen LogP contribution in [-0.4, -0.2) is 17.7 Å². The van der Waals surface area contributed by atoms with E-state index in [4.69, 9.17) is 14.2 Å². The van der Waals surface area contributed by atoms with E-state index < -0.39 is 17.7 Å². The fourth-order valence-corrected chi connectivity index (χ4v) is 3.00. The van der Waals surface area contributed by atoms with Crippen LogP contribution in [0.25, 0.3) is 6.08 Å². The zero-order valence-electron chi connectivity index (χ0n) is 15.2. The number of ether oxygens (including phenoxy) is 3. The average molecular weight is 431 g/mol. The lowest BCUT2D eigenvalue weighted by molar-refractivity contribution is -0.222. The van der Waals surface area contributed by atoms with E-state index in [1.54, 1.807) is 12.1 Å². The highest BCUT2D eigenvalue weighted by Gasteiger charge is 2.39. The zero-order valence-corrected chi connectivity index (χ0v) is 16.8. The summed E-state index contributed by atoms with van der Waals surface area (Å²) in [7, 11) is 0. The van der Waals surface area contributed by atoms with E-state index in [-0.39, 0.29) is 5.57 Å². The topological polar surface area (TPSA) is 61.8 Å². The molecule has 0 radical (unpaired) electrons. The van der Waals surface area contributed by atoms with Crippen LogP contribution in [0.4, 0.5) is 0 Å². The van der Waals surface area contributed by atoms with Crippen LogP contribution in [0.2, 0.25) is 0 Å². The van der Waals surface area contributed by atoms with E-state index >= 15 is 0 Å². The molecular weight excluding hydrogens is 412 g/mol. The molecule has 6 heteroatoms. The third-order valence-corrected chi connectivity index (χ3v) is 4.53. The molecule has 1 fully saturated rings. The van der Waals surface area contributed by atoms with Gasteiger partial charge in [-0.15, -0.1) is 0 Å². The molecule has 0 unspecified atom stereocenters. The average Bonchev–Trinajstić information content (AvgIpc) is 2.58. The lowest BCUT2D eigenvalue weighted by atomic mass is 10.1. The summed E-state index contributed by atoms with van der Waals surface area (Å²) < 4.78 is 17.0. The van der Waals surface area contributed by atoms with Crippen molar-refractivity contribution in [1.82, 2.24) is 0 Å². The van der Waals surface area contributed by atoms with Crippen LogP contribution in [0, 0.1) is 6.92 Å². The molecule has 3 rings (SSSR count). The van der Waals surface area contributed by atoms with Crippen molar-refractivity contribution in [1.29, 1.82) is 0 Å². The minimum absolute atomic E-state index is 0.173. The number of carbonyl (C=O) groups is 2. The highest BCUT2D eigenvalue weighted by Crippen LogP contribution is 2.30. The number of carbonyl (C=O) groups excluding carboxylic acids is 2. The van der Waals surface area contributed by atoms with E-state index in [9.17, 15) is 9.59 Å². The summed E-state index contributed by atoms with van der Waals surface area (Å²) in [5.41, 5.74) is 2.57. The molecule has 2 aromatic carbocycles. The molecule has 0 spiro atoms. The van der Waals surface area contributed by atoms with E-state index in [2.05, 4.69) is 15.9 Å². The maximum absolute atomic E-state index is 12.2. The third kappa shape index (κ3) is 4.57. The van der Waals surface area contributed by atoms with Gasteiger partial charge in [0.15, 0.2) is 0 Å². The van der Waals surface area contributed by atoms with Crippen molar-refractivity contribution < 1.29 is 23.8 Å². The molecular formula is C21H19BrO5. The Labute approximate surface area is 166 Å². The van der Waals surface area contributed by atoms with E-state index in [0.29, 0.717) is 17.9 Å². The maximum Gasteiger partial charge on any atom is 0.348 e. The Morgan fingerprint density at radius 1 is 1.07 bits per heavy atom. The van der Waals surface area contributed by atoms with E-state index in [1.165, 1.54) is 19.9 Å². The van der Waals surface area contributed by atoms with Crippen LogP contribution < -0.4 is 4.74 Å². The standard InChI is InChI=1S/C21H19BrO5/c1-13-6-4-5-7-14(13)12-25-18-9-8-16(22)10-15(18)11-17-19(23)26-21(2,3)27-20(17)24/h4-11H,12H2,1-3H3. The second-order valence-electron chi connectivity index (χ2n) is 6.63. The van der Waals surface area contributed by atoms with Gasteiger partial charge >= 0.3 is 11.9 Å². The Kier molecular flexibility index (Phi) is 5.37. The van der Waals surface area contributed by atoms with Crippen molar-refractivity contribution in [2.75, 3.05) is 0 Å². The Morgan fingerprint density at radius 3 is 2.41 bits per heavy atom. The van der Waals surface area contributed by atoms with Crippen LogP contribution in [0.5, 0.6) is 5.75 Å². The van der Waals surface area contributed by atoms with Gasteiger partial charge in [-0.3, -0.25) is 0 Å².